The molecule has 2 rings (SSSR count). The van der Waals surface area contributed by atoms with Gasteiger partial charge in [-0.3, -0.25) is 4.79 Å². The Kier molecular flexibility index (Phi) is 5.57. The Labute approximate surface area is 139 Å². The monoisotopic (exact) mass is 338 g/mol. The minimum absolute atomic E-state index is 0.200. The highest BCUT2D eigenvalue weighted by molar-refractivity contribution is 6.44. The number of carbonyl (C=O) groups is 1. The van der Waals surface area contributed by atoms with Gasteiger partial charge in [-0.15, -0.1) is 0 Å². The first-order valence-electron chi connectivity index (χ1n) is 6.78. The lowest BCUT2D eigenvalue weighted by molar-refractivity contribution is 0.102. The quantitative estimate of drug-likeness (QED) is 0.860. The number of benzene rings is 1. The van der Waals surface area contributed by atoms with Crippen LogP contribution in [0.25, 0.3) is 0 Å². The van der Waals surface area contributed by atoms with Crippen LogP contribution in [0.5, 0.6) is 0 Å². The second-order valence-corrected chi connectivity index (χ2v) is 5.90. The number of nitrogens with zero attached hydrogens (tertiary/aromatic N) is 2. The summed E-state index contributed by atoms with van der Waals surface area (Å²) < 4.78 is 0. The van der Waals surface area contributed by atoms with E-state index in [9.17, 15) is 4.79 Å². The summed E-state index contributed by atoms with van der Waals surface area (Å²) in [7, 11) is 0. The Bertz CT molecular complexity index is 659. The van der Waals surface area contributed by atoms with Crippen molar-refractivity contribution in [3.8, 4) is 0 Å². The summed E-state index contributed by atoms with van der Waals surface area (Å²) in [6.45, 7) is 4.98. The second-order valence-electron chi connectivity index (χ2n) is 5.12. The third kappa shape index (κ3) is 4.32. The number of amides is 1. The third-order valence-corrected chi connectivity index (χ3v) is 3.59. The largest absolute Gasteiger partial charge is 0.369 e. The van der Waals surface area contributed by atoms with E-state index < -0.39 is 5.91 Å². The maximum absolute atomic E-state index is 12.1. The topological polar surface area (TPSA) is 66.9 Å². The first-order chi connectivity index (χ1) is 10.5. The van der Waals surface area contributed by atoms with Crippen LogP contribution in [-0.4, -0.2) is 22.4 Å². The van der Waals surface area contributed by atoms with Crippen molar-refractivity contribution >= 4 is 40.6 Å². The zero-order chi connectivity index (χ0) is 16.1. The molecule has 5 nitrogen and oxygen atoms in total. The molecule has 0 saturated carbocycles. The minimum Gasteiger partial charge on any atom is -0.369 e. The van der Waals surface area contributed by atoms with Crippen LogP contribution < -0.4 is 10.6 Å². The highest BCUT2D eigenvalue weighted by Gasteiger charge is 2.12. The van der Waals surface area contributed by atoms with Crippen molar-refractivity contribution in [2.75, 3.05) is 17.2 Å². The average Bonchev–Trinajstić information content (AvgIpc) is 2.50. The van der Waals surface area contributed by atoms with E-state index >= 15 is 0 Å². The molecule has 0 fully saturated rings. The predicted octanol–water partition coefficient (Wildman–Crippen LogP) is 4.10. The third-order valence-electron chi connectivity index (χ3n) is 2.78. The summed E-state index contributed by atoms with van der Waals surface area (Å²) in [5.74, 6) is 0.730. The number of rotatable bonds is 5. The van der Waals surface area contributed by atoms with Gasteiger partial charge in [0, 0.05) is 6.54 Å². The maximum atomic E-state index is 12.1. The summed E-state index contributed by atoms with van der Waals surface area (Å²) in [4.78, 5) is 20.4. The Hall–Kier alpha value is -1.85. The highest BCUT2D eigenvalue weighted by Crippen LogP contribution is 2.29. The van der Waals surface area contributed by atoms with E-state index in [1.165, 1.54) is 12.4 Å². The van der Waals surface area contributed by atoms with E-state index in [0.717, 1.165) is 6.54 Å². The molecule has 1 aromatic carbocycles. The number of carbonyl (C=O) groups excluding carboxylic acids is 1. The van der Waals surface area contributed by atoms with E-state index in [1.807, 2.05) is 0 Å². The van der Waals surface area contributed by atoms with E-state index in [1.54, 1.807) is 18.2 Å². The molecule has 0 saturated heterocycles. The molecule has 2 N–H and O–H groups in total. The Balaban J connectivity index is 2.05. The Morgan fingerprint density at radius 3 is 2.64 bits per heavy atom. The molecule has 0 aliphatic carbocycles. The molecule has 0 spiro atoms. The standard InChI is InChI=1S/C15H16Cl2N4O/c1-9(2)6-19-13-8-18-12(7-20-13)15(22)21-11-5-3-4-10(16)14(11)17/h3-5,7-9H,6H2,1-2H3,(H,19,20)(H,21,22). The highest BCUT2D eigenvalue weighted by atomic mass is 35.5. The summed E-state index contributed by atoms with van der Waals surface area (Å²) in [5.41, 5.74) is 0.633. The predicted molar refractivity (Wildman–Crippen MR) is 89.8 cm³/mol. The molecule has 0 aliphatic rings. The van der Waals surface area contributed by atoms with E-state index in [0.29, 0.717) is 27.5 Å². The number of anilines is 2. The van der Waals surface area contributed by atoms with Gasteiger partial charge in [0.1, 0.15) is 11.5 Å². The van der Waals surface area contributed by atoms with Gasteiger partial charge in [0.15, 0.2) is 0 Å². The molecule has 0 bridgehead atoms. The van der Waals surface area contributed by atoms with Gasteiger partial charge in [0.25, 0.3) is 5.91 Å². The fraction of sp³-hybridized carbons (Fsp3) is 0.267. The summed E-state index contributed by atoms with van der Waals surface area (Å²) in [6, 6.07) is 5.01. The van der Waals surface area contributed by atoms with Gasteiger partial charge in [-0.1, -0.05) is 43.1 Å². The molecule has 1 heterocycles. The van der Waals surface area contributed by atoms with Crippen molar-refractivity contribution in [3.63, 3.8) is 0 Å². The van der Waals surface area contributed by atoms with E-state index in [2.05, 4.69) is 34.4 Å². The van der Waals surface area contributed by atoms with Crippen molar-refractivity contribution in [3.05, 3.63) is 46.3 Å². The van der Waals surface area contributed by atoms with Crippen LogP contribution in [0.15, 0.2) is 30.6 Å². The zero-order valence-electron chi connectivity index (χ0n) is 12.2. The molecule has 1 aromatic heterocycles. The lowest BCUT2D eigenvalue weighted by atomic mass is 10.2. The van der Waals surface area contributed by atoms with Gasteiger partial charge >= 0.3 is 0 Å². The normalized spacial score (nSPS) is 10.6. The lowest BCUT2D eigenvalue weighted by Crippen LogP contribution is -2.15. The molecule has 1 amide bonds. The summed E-state index contributed by atoms with van der Waals surface area (Å²) >= 11 is 11.9. The number of hydrogen-bond acceptors (Lipinski definition) is 4. The first-order valence-corrected chi connectivity index (χ1v) is 7.54. The van der Waals surface area contributed by atoms with Crippen LogP contribution >= 0.6 is 23.2 Å². The minimum atomic E-state index is -0.396. The van der Waals surface area contributed by atoms with Crippen LogP contribution in [0, 0.1) is 5.92 Å². The van der Waals surface area contributed by atoms with Crippen molar-refractivity contribution in [2.45, 2.75) is 13.8 Å². The lowest BCUT2D eigenvalue weighted by Gasteiger charge is -2.09. The average molecular weight is 339 g/mol. The van der Waals surface area contributed by atoms with Crippen LogP contribution in [-0.2, 0) is 0 Å². The first kappa shape index (κ1) is 16.5. The van der Waals surface area contributed by atoms with Gasteiger partial charge in [0.2, 0.25) is 0 Å². The summed E-state index contributed by atoms with van der Waals surface area (Å²) in [5, 5.41) is 6.46. The van der Waals surface area contributed by atoms with Crippen LogP contribution in [0.3, 0.4) is 0 Å². The molecule has 0 atom stereocenters. The second kappa shape index (κ2) is 7.42. The van der Waals surface area contributed by atoms with Gasteiger partial charge in [-0.2, -0.15) is 0 Å². The fourth-order valence-corrected chi connectivity index (χ4v) is 1.98. The van der Waals surface area contributed by atoms with Crippen LogP contribution in [0.4, 0.5) is 11.5 Å². The van der Waals surface area contributed by atoms with Crippen molar-refractivity contribution in [2.24, 2.45) is 5.92 Å². The number of aromatic nitrogens is 2. The molecule has 116 valence electrons. The van der Waals surface area contributed by atoms with Crippen molar-refractivity contribution in [1.82, 2.24) is 9.97 Å². The SMILES string of the molecule is CC(C)CNc1cnc(C(=O)Nc2cccc(Cl)c2Cl)cn1. The fourth-order valence-electron chi connectivity index (χ4n) is 1.63. The van der Waals surface area contributed by atoms with Crippen molar-refractivity contribution in [1.29, 1.82) is 0 Å². The van der Waals surface area contributed by atoms with Crippen LogP contribution in [0.2, 0.25) is 10.0 Å². The van der Waals surface area contributed by atoms with E-state index in [4.69, 9.17) is 23.2 Å². The molecule has 0 radical (unpaired) electrons. The zero-order valence-corrected chi connectivity index (χ0v) is 13.7. The molecule has 7 heteroatoms. The molecular formula is C15H16Cl2N4O. The Morgan fingerprint density at radius 2 is 2.00 bits per heavy atom. The van der Waals surface area contributed by atoms with Gasteiger partial charge < -0.3 is 10.6 Å². The number of hydrogen-bond donors (Lipinski definition) is 2. The Morgan fingerprint density at radius 1 is 1.23 bits per heavy atom. The summed E-state index contributed by atoms with van der Waals surface area (Å²) in [6.07, 6.45) is 2.94. The molecular weight excluding hydrogens is 323 g/mol. The van der Waals surface area contributed by atoms with Crippen molar-refractivity contribution < 1.29 is 4.79 Å². The number of halogens is 2. The van der Waals surface area contributed by atoms with Gasteiger partial charge in [-0.25, -0.2) is 9.97 Å². The smallest absolute Gasteiger partial charge is 0.275 e. The maximum Gasteiger partial charge on any atom is 0.275 e. The molecule has 0 unspecified atom stereocenters. The molecule has 2 aromatic rings. The van der Waals surface area contributed by atoms with E-state index in [-0.39, 0.29) is 5.69 Å². The van der Waals surface area contributed by atoms with Gasteiger partial charge in [-0.05, 0) is 18.1 Å². The van der Waals surface area contributed by atoms with Gasteiger partial charge in [0.05, 0.1) is 28.1 Å². The van der Waals surface area contributed by atoms with Crippen LogP contribution in [0.1, 0.15) is 24.3 Å². The molecule has 22 heavy (non-hydrogen) atoms. The number of nitrogens with one attached hydrogen (secondary N) is 2. The molecule has 0 aliphatic heterocycles.